The number of nitrogens with zero attached hydrogens (tertiary/aromatic N) is 4. The van der Waals surface area contributed by atoms with Crippen LogP contribution in [0, 0.1) is 0 Å². The van der Waals surface area contributed by atoms with Gasteiger partial charge in [0.05, 0.1) is 28.4 Å². The summed E-state index contributed by atoms with van der Waals surface area (Å²) in [4.78, 5) is 43.0. The van der Waals surface area contributed by atoms with Gasteiger partial charge in [-0.25, -0.2) is 24.5 Å². The number of fused-ring (bicyclic) bond motifs is 2. The van der Waals surface area contributed by atoms with E-state index < -0.39 is 32.3 Å². The highest BCUT2D eigenvalue weighted by Gasteiger charge is 2.21. The van der Waals surface area contributed by atoms with Crippen molar-refractivity contribution in [1.82, 2.24) is 40.1 Å². The van der Waals surface area contributed by atoms with E-state index in [-0.39, 0.29) is 33.2 Å². The van der Waals surface area contributed by atoms with Gasteiger partial charge in [-0.05, 0) is 96.8 Å². The monoisotopic (exact) mass is 993 g/mol. The summed E-state index contributed by atoms with van der Waals surface area (Å²) in [5, 5.41) is 14.2. The van der Waals surface area contributed by atoms with Crippen molar-refractivity contribution in [2.75, 3.05) is 16.0 Å². The molecule has 21 heteroatoms. The molecule has 1 fully saturated rings. The van der Waals surface area contributed by atoms with E-state index in [0.717, 1.165) is 35.3 Å². The summed E-state index contributed by atoms with van der Waals surface area (Å²) in [6.45, 7) is 0.742. The minimum absolute atomic E-state index is 0.0171. The lowest BCUT2D eigenvalue weighted by Crippen LogP contribution is -2.28. The number of hydrogen-bond donors (Lipinski definition) is 7. The number of aromatic nitrogens is 6. The Morgan fingerprint density at radius 1 is 0.606 bits per heavy atom. The fourth-order valence-corrected chi connectivity index (χ4v) is 9.47. The van der Waals surface area contributed by atoms with Crippen LogP contribution in [0.25, 0.3) is 27.8 Å². The van der Waals surface area contributed by atoms with Crippen LogP contribution in [0.15, 0.2) is 174 Å². The zero-order valence-corrected chi connectivity index (χ0v) is 39.4. The summed E-state index contributed by atoms with van der Waals surface area (Å²) in [6, 6.07) is 40.8. The molecule has 9 aromatic rings. The van der Waals surface area contributed by atoms with Gasteiger partial charge in [-0.2, -0.15) is 16.8 Å². The quantitative estimate of drug-likeness (QED) is 0.0476. The summed E-state index contributed by atoms with van der Waals surface area (Å²) < 4.78 is 63.5. The number of amides is 4. The Morgan fingerprint density at radius 2 is 1.08 bits per heavy atom. The summed E-state index contributed by atoms with van der Waals surface area (Å²) in [5.74, 6) is 0.709. The van der Waals surface area contributed by atoms with Crippen molar-refractivity contribution in [1.29, 1.82) is 0 Å². The normalized spacial score (nSPS) is 12.7. The van der Waals surface area contributed by atoms with Gasteiger partial charge in [0.1, 0.15) is 21.3 Å². The number of H-pyrrole nitrogens is 2. The number of carbonyl (C=O) groups excluding carboxylic acids is 2. The molecule has 3 heterocycles. The van der Waals surface area contributed by atoms with E-state index in [2.05, 4.69) is 51.5 Å². The van der Waals surface area contributed by atoms with E-state index >= 15 is 0 Å². The minimum Gasteiger partial charge on any atom is -0.382 e. The number of hydrogen-bond acceptors (Lipinski definition) is 12. The van der Waals surface area contributed by atoms with E-state index in [1.165, 1.54) is 61.4 Å². The van der Waals surface area contributed by atoms with Crippen LogP contribution < -0.4 is 35.0 Å². The minimum atomic E-state index is -4.05. The van der Waals surface area contributed by atoms with Gasteiger partial charge in [0.25, 0.3) is 0 Å². The maximum atomic E-state index is 12.8. The van der Waals surface area contributed by atoms with Gasteiger partial charge < -0.3 is 38.9 Å². The van der Waals surface area contributed by atoms with E-state index in [0.29, 0.717) is 41.2 Å². The molecule has 1 aliphatic rings. The maximum absolute atomic E-state index is 12.8. The summed E-state index contributed by atoms with van der Waals surface area (Å²) >= 11 is 0. The molecule has 6 aromatic carbocycles. The molecule has 71 heavy (non-hydrogen) atoms. The number of rotatable bonds is 15. The third-order valence-corrected chi connectivity index (χ3v) is 13.7. The van der Waals surface area contributed by atoms with E-state index in [1.807, 2.05) is 60.7 Å². The molecule has 0 bridgehead atoms. The number of carbonyl (C=O) groups is 2. The molecule has 4 amide bonds. The van der Waals surface area contributed by atoms with E-state index in [1.54, 1.807) is 59.7 Å². The van der Waals surface area contributed by atoms with Crippen LogP contribution >= 0.6 is 0 Å². The highest BCUT2D eigenvalue weighted by Crippen LogP contribution is 2.28. The number of aromatic amines is 2. The first-order valence-corrected chi connectivity index (χ1v) is 25.2. The topological polar surface area (TPSA) is 256 Å². The lowest BCUT2D eigenvalue weighted by atomic mass is 10.2. The van der Waals surface area contributed by atoms with Crippen molar-refractivity contribution in [3.63, 3.8) is 0 Å². The second-order valence-corrected chi connectivity index (χ2v) is 19.4. The molecule has 1 saturated carbocycles. The third-order valence-electron chi connectivity index (χ3n) is 11.2. The molecule has 0 spiro atoms. The standard InChI is InChI=1S/C26H27N5O4S.C24H20N6O4S/c32-26(27-17-18-6-2-1-3-7-18)31-25-29-23-15-12-21(16-24(23)30-25)35-36(33,34)22-13-10-20(11-14-22)28-19-8-4-5-9-19;31-24(26-15-17-4-2-1-3-5-17)29-23-27-21-11-8-19(14-22(21)28-23)34-35(32,33)20-9-6-18(7-10-20)30-13-12-25-16-30/h1-3,6-7,10-16,19,28H,4-5,8-9,17H2,(H3,27,29,30,31,32);1-14,16H,15H2,(H3,26,27,28,29,31). The molecule has 0 unspecified atom stereocenters. The Kier molecular flexibility index (Phi) is 14.2. The van der Waals surface area contributed by atoms with Gasteiger partial charge in [0.15, 0.2) is 0 Å². The lowest BCUT2D eigenvalue weighted by Gasteiger charge is -2.14. The van der Waals surface area contributed by atoms with Gasteiger partial charge in [0.2, 0.25) is 11.9 Å². The highest BCUT2D eigenvalue weighted by atomic mass is 32.2. The number of anilines is 3. The molecule has 1 aliphatic carbocycles. The molecule has 3 aromatic heterocycles. The SMILES string of the molecule is O=C(NCc1ccccc1)Nc1nc2ccc(OS(=O)(=O)c3ccc(-n4ccnc4)cc3)cc2[nH]1.O=C(NCc1ccccc1)Nc1nc2ccc(OS(=O)(=O)c3ccc(NC4CCCC4)cc3)cc2[nH]1. The van der Waals surface area contributed by atoms with Crippen molar-refractivity contribution in [3.05, 3.63) is 175 Å². The second kappa shape index (κ2) is 21.3. The predicted molar refractivity (Wildman–Crippen MR) is 268 cm³/mol. The Bertz CT molecular complexity index is 3480. The Hall–Kier alpha value is -8.69. The first-order valence-electron chi connectivity index (χ1n) is 22.4. The number of benzene rings is 6. The van der Waals surface area contributed by atoms with Crippen molar-refractivity contribution in [2.45, 2.75) is 54.6 Å². The Morgan fingerprint density at radius 3 is 1.55 bits per heavy atom. The molecule has 7 N–H and O–H groups in total. The van der Waals surface area contributed by atoms with Crippen LogP contribution in [-0.2, 0) is 33.3 Å². The average molecular weight is 994 g/mol. The largest absolute Gasteiger partial charge is 0.382 e. The van der Waals surface area contributed by atoms with Crippen LogP contribution in [0.5, 0.6) is 11.5 Å². The second-order valence-electron chi connectivity index (χ2n) is 16.3. The molecule has 0 aliphatic heterocycles. The fourth-order valence-electron chi connectivity index (χ4n) is 7.63. The van der Waals surface area contributed by atoms with Crippen LogP contribution in [0.2, 0.25) is 0 Å². The first-order chi connectivity index (χ1) is 34.4. The zero-order chi connectivity index (χ0) is 49.2. The highest BCUT2D eigenvalue weighted by molar-refractivity contribution is 7.87. The van der Waals surface area contributed by atoms with Gasteiger partial charge in [-0.15, -0.1) is 0 Å². The van der Waals surface area contributed by atoms with E-state index in [9.17, 15) is 26.4 Å². The van der Waals surface area contributed by atoms with Crippen molar-refractivity contribution < 1.29 is 34.8 Å². The Labute approximate surface area is 408 Å². The molecule has 10 rings (SSSR count). The predicted octanol–water partition coefficient (Wildman–Crippen LogP) is 8.84. The van der Waals surface area contributed by atoms with Crippen LogP contribution in [0.3, 0.4) is 0 Å². The first kappa shape index (κ1) is 47.4. The summed E-state index contributed by atoms with van der Waals surface area (Å²) in [6.07, 6.45) is 9.72. The van der Waals surface area contributed by atoms with Gasteiger partial charge in [0, 0.05) is 55.0 Å². The van der Waals surface area contributed by atoms with Crippen LogP contribution in [-0.4, -0.2) is 64.4 Å². The molecule has 19 nitrogen and oxygen atoms in total. The number of imidazole rings is 3. The van der Waals surface area contributed by atoms with E-state index in [4.69, 9.17) is 8.37 Å². The molecule has 0 saturated heterocycles. The fraction of sp³-hybridized carbons (Fsp3) is 0.140. The zero-order valence-electron chi connectivity index (χ0n) is 37.8. The molecular formula is C50H47N11O8S2. The van der Waals surface area contributed by atoms with Gasteiger partial charge >= 0.3 is 32.3 Å². The smallest absolute Gasteiger partial charge is 0.339 e. The third kappa shape index (κ3) is 12.5. The summed E-state index contributed by atoms with van der Waals surface area (Å²) in [5.41, 5.74) is 5.73. The van der Waals surface area contributed by atoms with Gasteiger partial charge in [-0.1, -0.05) is 73.5 Å². The number of nitrogens with one attached hydrogen (secondary N) is 7. The van der Waals surface area contributed by atoms with Crippen molar-refractivity contribution in [2.24, 2.45) is 0 Å². The molecule has 0 atom stereocenters. The maximum Gasteiger partial charge on any atom is 0.339 e. The molecule has 362 valence electrons. The lowest BCUT2D eigenvalue weighted by molar-refractivity contribution is 0.250. The molecule has 0 radical (unpaired) electrons. The average Bonchev–Trinajstić information content (AvgIpc) is 4.23. The molecular weight excluding hydrogens is 947 g/mol. The van der Waals surface area contributed by atoms with Crippen LogP contribution in [0.4, 0.5) is 27.2 Å². The van der Waals surface area contributed by atoms with Crippen molar-refractivity contribution in [3.8, 4) is 17.2 Å². The van der Waals surface area contributed by atoms with Crippen LogP contribution in [0.1, 0.15) is 36.8 Å². The van der Waals surface area contributed by atoms with Crippen molar-refractivity contribution >= 4 is 71.9 Å². The Balaban J connectivity index is 0.000000176. The van der Waals surface area contributed by atoms with Gasteiger partial charge in [-0.3, -0.25) is 10.6 Å². The number of urea groups is 2. The summed E-state index contributed by atoms with van der Waals surface area (Å²) in [7, 11) is -8.07.